The summed E-state index contributed by atoms with van der Waals surface area (Å²) in [7, 11) is 0. The van der Waals surface area contributed by atoms with E-state index in [1.165, 1.54) is 51.0 Å². The monoisotopic (exact) mass is 291 g/mol. The van der Waals surface area contributed by atoms with Gasteiger partial charge in [-0.1, -0.05) is 25.3 Å². The summed E-state index contributed by atoms with van der Waals surface area (Å²) in [6.45, 7) is 3.60. The van der Waals surface area contributed by atoms with Crippen molar-refractivity contribution in [1.29, 1.82) is 0 Å². The average molecular weight is 291 g/mol. The zero-order valence-electron chi connectivity index (χ0n) is 12.9. The van der Waals surface area contributed by atoms with Crippen molar-refractivity contribution in [3.8, 4) is 0 Å². The normalized spacial score (nSPS) is 23.3. The lowest BCUT2D eigenvalue weighted by atomic mass is 9.68. The summed E-state index contributed by atoms with van der Waals surface area (Å²) in [5, 5.41) is 9.54. The third-order valence-corrected chi connectivity index (χ3v) is 5.53. The quantitative estimate of drug-likeness (QED) is 0.871. The summed E-state index contributed by atoms with van der Waals surface area (Å²) in [4.78, 5) is 2.18. The van der Waals surface area contributed by atoms with E-state index in [9.17, 15) is 9.50 Å². The summed E-state index contributed by atoms with van der Waals surface area (Å²) in [5.41, 5.74) is 1.90. The van der Waals surface area contributed by atoms with Gasteiger partial charge in [-0.05, 0) is 55.7 Å². The van der Waals surface area contributed by atoms with E-state index in [1.807, 2.05) is 12.1 Å². The molecular weight excluding hydrogens is 265 g/mol. The van der Waals surface area contributed by atoms with Gasteiger partial charge in [0, 0.05) is 13.1 Å². The molecule has 3 heteroatoms. The Bertz CT molecular complexity index is 484. The number of hydrogen-bond donors (Lipinski definition) is 1. The van der Waals surface area contributed by atoms with Crippen molar-refractivity contribution in [2.45, 2.75) is 58.0 Å². The van der Waals surface area contributed by atoms with Gasteiger partial charge in [-0.3, -0.25) is 0 Å². The highest BCUT2D eigenvalue weighted by Gasteiger charge is 2.35. The van der Waals surface area contributed by atoms with E-state index in [4.69, 9.17) is 0 Å². The largest absolute Gasteiger partial charge is 0.389 e. The molecule has 1 saturated heterocycles. The fraction of sp³-hybridized carbons (Fsp3) is 0.667. The van der Waals surface area contributed by atoms with E-state index in [2.05, 4.69) is 4.90 Å². The number of piperidine rings is 1. The van der Waals surface area contributed by atoms with Gasteiger partial charge in [0.05, 0.1) is 11.8 Å². The first kappa shape index (κ1) is 14.8. The van der Waals surface area contributed by atoms with E-state index < -0.39 is 6.10 Å². The minimum Gasteiger partial charge on any atom is -0.389 e. The van der Waals surface area contributed by atoms with Gasteiger partial charge in [0.2, 0.25) is 0 Å². The number of halogens is 1. The molecule has 1 N–H and O–H groups in total. The number of nitrogens with zero attached hydrogens (tertiary/aromatic N) is 1. The summed E-state index contributed by atoms with van der Waals surface area (Å²) in [6.07, 6.45) is 8.65. The fourth-order valence-corrected chi connectivity index (χ4v) is 4.06. The van der Waals surface area contributed by atoms with Crippen LogP contribution in [0.1, 0.15) is 63.5 Å². The molecule has 116 valence electrons. The molecule has 0 bridgehead atoms. The summed E-state index contributed by atoms with van der Waals surface area (Å²) in [6, 6.07) is 5.15. The molecule has 1 aromatic carbocycles. The van der Waals surface area contributed by atoms with Crippen LogP contribution in [0, 0.1) is 11.2 Å². The maximum absolute atomic E-state index is 14.3. The molecule has 3 rings (SSSR count). The molecule has 1 saturated carbocycles. The number of aliphatic hydroxyl groups is 1. The zero-order valence-corrected chi connectivity index (χ0v) is 12.9. The van der Waals surface area contributed by atoms with Crippen molar-refractivity contribution in [1.82, 2.24) is 0 Å². The molecule has 2 fully saturated rings. The molecule has 1 aliphatic carbocycles. The van der Waals surface area contributed by atoms with Gasteiger partial charge in [-0.15, -0.1) is 0 Å². The van der Waals surface area contributed by atoms with E-state index >= 15 is 0 Å². The first-order valence-corrected chi connectivity index (χ1v) is 8.32. The van der Waals surface area contributed by atoms with Crippen molar-refractivity contribution in [3.63, 3.8) is 0 Å². The van der Waals surface area contributed by atoms with Crippen LogP contribution < -0.4 is 4.90 Å². The summed E-state index contributed by atoms with van der Waals surface area (Å²) in [5.74, 6) is -0.201. The van der Waals surface area contributed by atoms with Crippen molar-refractivity contribution in [2.24, 2.45) is 5.41 Å². The number of benzene rings is 1. The van der Waals surface area contributed by atoms with Crippen molar-refractivity contribution in [2.75, 3.05) is 18.0 Å². The van der Waals surface area contributed by atoms with Gasteiger partial charge >= 0.3 is 0 Å². The predicted octanol–water partition coefficient (Wildman–Crippen LogP) is 4.43. The van der Waals surface area contributed by atoms with Crippen LogP contribution in [0.2, 0.25) is 0 Å². The Balaban J connectivity index is 1.69. The van der Waals surface area contributed by atoms with Crippen LogP contribution in [0.5, 0.6) is 0 Å². The van der Waals surface area contributed by atoms with E-state index in [0.29, 0.717) is 16.7 Å². The van der Waals surface area contributed by atoms with E-state index in [-0.39, 0.29) is 5.82 Å². The maximum Gasteiger partial charge on any atom is 0.146 e. The molecule has 21 heavy (non-hydrogen) atoms. The molecule has 1 atom stereocenters. The first-order valence-electron chi connectivity index (χ1n) is 8.32. The molecule has 1 unspecified atom stereocenters. The molecule has 2 aliphatic rings. The van der Waals surface area contributed by atoms with Gasteiger partial charge < -0.3 is 10.0 Å². The van der Waals surface area contributed by atoms with E-state index in [1.54, 1.807) is 6.92 Å². The molecule has 1 aromatic rings. The Labute approximate surface area is 127 Å². The Morgan fingerprint density at radius 3 is 2.33 bits per heavy atom. The van der Waals surface area contributed by atoms with Gasteiger partial charge in [0.25, 0.3) is 0 Å². The lowest BCUT2D eigenvalue weighted by Gasteiger charge is -2.45. The van der Waals surface area contributed by atoms with Crippen LogP contribution in [-0.2, 0) is 0 Å². The number of anilines is 1. The smallest absolute Gasteiger partial charge is 0.146 e. The van der Waals surface area contributed by atoms with Gasteiger partial charge in [-0.2, -0.15) is 0 Å². The Hall–Kier alpha value is -1.09. The SMILES string of the molecule is CC(O)c1ccc(N2CCC3(CCCCC3)CC2)c(F)c1. The summed E-state index contributed by atoms with van der Waals surface area (Å²) >= 11 is 0. The lowest BCUT2D eigenvalue weighted by molar-refractivity contribution is 0.144. The second-order valence-corrected chi connectivity index (χ2v) is 6.93. The standard InChI is InChI=1S/C18H26FNO/c1-14(21)15-5-6-17(16(19)13-15)20-11-9-18(10-12-20)7-3-2-4-8-18/h5-6,13-14,21H,2-4,7-12H2,1H3. The third kappa shape index (κ3) is 3.08. The minimum atomic E-state index is -0.611. The first-order chi connectivity index (χ1) is 10.1. The minimum absolute atomic E-state index is 0.201. The number of aliphatic hydroxyl groups excluding tert-OH is 1. The molecular formula is C18H26FNO. The third-order valence-electron chi connectivity index (χ3n) is 5.53. The van der Waals surface area contributed by atoms with Crippen LogP contribution in [0.15, 0.2) is 18.2 Å². The van der Waals surface area contributed by atoms with Crippen molar-refractivity contribution in [3.05, 3.63) is 29.6 Å². The molecule has 0 amide bonds. The number of rotatable bonds is 2. The van der Waals surface area contributed by atoms with Gasteiger partial charge in [0.1, 0.15) is 5.82 Å². The molecule has 1 spiro atoms. The Morgan fingerprint density at radius 1 is 1.10 bits per heavy atom. The Kier molecular flexibility index (Phi) is 4.21. The van der Waals surface area contributed by atoms with Crippen LogP contribution in [0.3, 0.4) is 0 Å². The van der Waals surface area contributed by atoms with Gasteiger partial charge in [0.15, 0.2) is 0 Å². The maximum atomic E-state index is 14.3. The van der Waals surface area contributed by atoms with Crippen LogP contribution in [0.4, 0.5) is 10.1 Å². The zero-order chi connectivity index (χ0) is 14.9. The van der Waals surface area contributed by atoms with Crippen LogP contribution in [-0.4, -0.2) is 18.2 Å². The predicted molar refractivity (Wildman–Crippen MR) is 84.0 cm³/mol. The van der Waals surface area contributed by atoms with Crippen LogP contribution >= 0.6 is 0 Å². The molecule has 1 aliphatic heterocycles. The second kappa shape index (κ2) is 5.96. The Morgan fingerprint density at radius 2 is 1.76 bits per heavy atom. The lowest BCUT2D eigenvalue weighted by Crippen LogP contribution is -2.41. The topological polar surface area (TPSA) is 23.5 Å². The van der Waals surface area contributed by atoms with Crippen molar-refractivity contribution < 1.29 is 9.50 Å². The van der Waals surface area contributed by atoms with Gasteiger partial charge in [-0.25, -0.2) is 4.39 Å². The van der Waals surface area contributed by atoms with E-state index in [0.717, 1.165) is 13.1 Å². The average Bonchev–Trinajstić information content (AvgIpc) is 2.49. The highest BCUT2D eigenvalue weighted by molar-refractivity contribution is 5.50. The molecule has 0 radical (unpaired) electrons. The molecule has 0 aromatic heterocycles. The fourth-order valence-electron chi connectivity index (χ4n) is 4.06. The second-order valence-electron chi connectivity index (χ2n) is 6.93. The molecule has 2 nitrogen and oxygen atoms in total. The molecule has 1 heterocycles. The van der Waals surface area contributed by atoms with Crippen LogP contribution in [0.25, 0.3) is 0 Å². The highest BCUT2D eigenvalue weighted by Crippen LogP contribution is 2.45. The summed E-state index contributed by atoms with van der Waals surface area (Å²) < 4.78 is 14.3. The number of hydrogen-bond acceptors (Lipinski definition) is 2. The highest BCUT2D eigenvalue weighted by atomic mass is 19.1. The van der Waals surface area contributed by atoms with Crippen molar-refractivity contribution >= 4 is 5.69 Å².